The molecule has 0 radical (unpaired) electrons. The van der Waals surface area contributed by atoms with Crippen LogP contribution >= 0.6 is 35.6 Å². The molecule has 0 fully saturated rings. The summed E-state index contributed by atoms with van der Waals surface area (Å²) in [6.07, 6.45) is 3.35. The second-order valence-corrected chi connectivity index (χ2v) is 7.08. The fourth-order valence-electron chi connectivity index (χ4n) is 2.91. The van der Waals surface area contributed by atoms with Gasteiger partial charge in [0.1, 0.15) is 0 Å². The maximum absolute atomic E-state index is 12.0. The smallest absolute Gasteiger partial charge is 0.291 e. The molecule has 0 aliphatic heterocycles. The Morgan fingerprint density at radius 2 is 2.00 bits per heavy atom. The third-order valence-corrected chi connectivity index (χ3v) is 4.66. The van der Waals surface area contributed by atoms with Crippen LogP contribution in [-0.2, 0) is 20.1 Å². The number of nitrogens with one attached hydrogen (secondary N) is 2. The minimum atomic E-state index is -0.274. The van der Waals surface area contributed by atoms with Crippen LogP contribution in [0.15, 0.2) is 64.3 Å². The molecule has 0 aliphatic rings. The van der Waals surface area contributed by atoms with Gasteiger partial charge in [0, 0.05) is 45.3 Å². The first-order chi connectivity index (χ1) is 14.0. The van der Waals surface area contributed by atoms with E-state index in [4.69, 9.17) is 16.0 Å². The van der Waals surface area contributed by atoms with E-state index in [1.165, 1.54) is 6.26 Å². The molecule has 160 valence electrons. The number of carbonyl (C=O) groups is 1. The van der Waals surface area contributed by atoms with Crippen LogP contribution in [0.4, 0.5) is 5.69 Å². The first-order valence-electron chi connectivity index (χ1n) is 9.12. The van der Waals surface area contributed by atoms with Crippen molar-refractivity contribution in [2.75, 3.05) is 19.4 Å². The summed E-state index contributed by atoms with van der Waals surface area (Å²) < 4.78 is 7.10. The average molecular weight is 542 g/mol. The van der Waals surface area contributed by atoms with E-state index in [1.54, 1.807) is 19.2 Å². The number of carbonyl (C=O) groups excluding carboxylic acids is 1. The number of aryl methyl sites for hydroxylation is 1. The predicted octanol–water partition coefficient (Wildman–Crippen LogP) is 4.35. The van der Waals surface area contributed by atoms with Gasteiger partial charge in [-0.2, -0.15) is 0 Å². The van der Waals surface area contributed by atoms with Crippen LogP contribution in [0.2, 0.25) is 5.02 Å². The molecule has 7 nitrogen and oxygen atoms in total. The topological polar surface area (TPSA) is 74.8 Å². The van der Waals surface area contributed by atoms with Gasteiger partial charge in [-0.25, -0.2) is 0 Å². The summed E-state index contributed by atoms with van der Waals surface area (Å²) in [5, 5.41) is 6.87. The van der Waals surface area contributed by atoms with E-state index in [2.05, 4.69) is 15.6 Å². The lowest BCUT2D eigenvalue weighted by Crippen LogP contribution is -2.38. The minimum absolute atomic E-state index is 0. The van der Waals surface area contributed by atoms with Crippen molar-refractivity contribution >= 4 is 53.1 Å². The van der Waals surface area contributed by atoms with Gasteiger partial charge in [-0.3, -0.25) is 9.79 Å². The second-order valence-electron chi connectivity index (χ2n) is 6.65. The van der Waals surface area contributed by atoms with E-state index in [0.717, 1.165) is 22.2 Å². The summed E-state index contributed by atoms with van der Waals surface area (Å²) in [6, 6.07) is 12.9. The highest BCUT2D eigenvalue weighted by atomic mass is 127. The van der Waals surface area contributed by atoms with Crippen molar-refractivity contribution in [1.29, 1.82) is 0 Å². The fraction of sp³-hybridized carbons (Fsp3) is 0.238. The molecular weight excluding hydrogens is 517 g/mol. The molecule has 30 heavy (non-hydrogen) atoms. The maximum atomic E-state index is 12.0. The Bertz CT molecular complexity index is 984. The molecule has 2 N–H and O–H groups in total. The standard InChI is InChI=1S/C21H24ClN5O2.HI/c1-23-21(27(3)14-18-11-16(22)13-26(18)2)24-12-15-6-8-17(9-7-15)25-20(28)19-5-4-10-29-19;/h4-11,13H,12,14H2,1-3H3,(H,23,24)(H,25,28);1H. The number of nitrogens with zero attached hydrogens (tertiary/aromatic N) is 3. The van der Waals surface area contributed by atoms with Crippen molar-refractivity contribution < 1.29 is 9.21 Å². The molecule has 0 aliphatic carbocycles. The van der Waals surface area contributed by atoms with Gasteiger partial charge in [-0.05, 0) is 35.9 Å². The van der Waals surface area contributed by atoms with E-state index >= 15 is 0 Å². The number of anilines is 1. The second kappa shape index (κ2) is 11.1. The zero-order valence-corrected chi connectivity index (χ0v) is 20.1. The largest absolute Gasteiger partial charge is 0.459 e. The van der Waals surface area contributed by atoms with Gasteiger partial charge >= 0.3 is 0 Å². The third-order valence-electron chi connectivity index (χ3n) is 4.45. The molecule has 0 atom stereocenters. The van der Waals surface area contributed by atoms with Gasteiger partial charge in [-0.1, -0.05) is 23.7 Å². The zero-order chi connectivity index (χ0) is 20.8. The van der Waals surface area contributed by atoms with Crippen LogP contribution in [0.1, 0.15) is 21.8 Å². The number of aromatic nitrogens is 1. The number of aliphatic imine (C=N–C) groups is 1. The average Bonchev–Trinajstić information content (AvgIpc) is 3.33. The van der Waals surface area contributed by atoms with Crippen LogP contribution in [-0.4, -0.2) is 35.4 Å². The van der Waals surface area contributed by atoms with E-state index in [9.17, 15) is 4.79 Å². The van der Waals surface area contributed by atoms with Crippen LogP contribution in [0.5, 0.6) is 0 Å². The Morgan fingerprint density at radius 1 is 1.27 bits per heavy atom. The van der Waals surface area contributed by atoms with E-state index in [1.807, 2.05) is 60.1 Å². The van der Waals surface area contributed by atoms with E-state index in [0.29, 0.717) is 18.8 Å². The fourth-order valence-corrected chi connectivity index (χ4v) is 3.19. The number of hydrogen-bond acceptors (Lipinski definition) is 3. The number of benzene rings is 1. The molecule has 0 bridgehead atoms. The van der Waals surface area contributed by atoms with Crippen molar-refractivity contribution in [3.63, 3.8) is 0 Å². The molecule has 2 heterocycles. The number of furan rings is 1. The number of guanidine groups is 1. The molecule has 3 aromatic rings. The minimum Gasteiger partial charge on any atom is -0.459 e. The highest BCUT2D eigenvalue weighted by molar-refractivity contribution is 14.0. The molecule has 0 saturated carbocycles. The van der Waals surface area contributed by atoms with Gasteiger partial charge in [-0.15, -0.1) is 24.0 Å². The van der Waals surface area contributed by atoms with Gasteiger partial charge in [0.25, 0.3) is 5.91 Å². The van der Waals surface area contributed by atoms with Gasteiger partial charge < -0.3 is 24.5 Å². The lowest BCUT2D eigenvalue weighted by Gasteiger charge is -2.22. The summed E-state index contributed by atoms with van der Waals surface area (Å²) in [4.78, 5) is 18.4. The van der Waals surface area contributed by atoms with E-state index in [-0.39, 0.29) is 35.6 Å². The number of amides is 1. The van der Waals surface area contributed by atoms with Crippen LogP contribution in [0, 0.1) is 0 Å². The molecule has 2 aromatic heterocycles. The van der Waals surface area contributed by atoms with Crippen molar-refractivity contribution in [2.45, 2.75) is 13.1 Å². The lowest BCUT2D eigenvalue weighted by molar-refractivity contribution is 0.0996. The SMILES string of the molecule is CN=C(NCc1ccc(NC(=O)c2ccco2)cc1)N(C)Cc1cc(Cl)cn1C.I. The number of halogens is 2. The van der Waals surface area contributed by atoms with Crippen molar-refractivity contribution in [2.24, 2.45) is 12.0 Å². The lowest BCUT2D eigenvalue weighted by atomic mass is 10.2. The molecule has 9 heteroatoms. The number of rotatable bonds is 6. The third kappa shape index (κ3) is 6.27. The molecule has 0 spiro atoms. The normalized spacial score (nSPS) is 11.0. The van der Waals surface area contributed by atoms with Crippen LogP contribution < -0.4 is 10.6 Å². The Balaban J connectivity index is 0.00000320. The molecular formula is C21H25ClIN5O2. The van der Waals surface area contributed by atoms with Crippen molar-refractivity contribution in [3.8, 4) is 0 Å². The van der Waals surface area contributed by atoms with Gasteiger partial charge in [0.15, 0.2) is 11.7 Å². The van der Waals surface area contributed by atoms with E-state index < -0.39 is 0 Å². The van der Waals surface area contributed by atoms with Crippen LogP contribution in [0.3, 0.4) is 0 Å². The highest BCUT2D eigenvalue weighted by Crippen LogP contribution is 2.15. The van der Waals surface area contributed by atoms with Crippen LogP contribution in [0.25, 0.3) is 0 Å². The summed E-state index contributed by atoms with van der Waals surface area (Å²) in [5.74, 6) is 0.781. The molecule has 0 unspecified atom stereocenters. The predicted molar refractivity (Wildman–Crippen MR) is 131 cm³/mol. The zero-order valence-electron chi connectivity index (χ0n) is 17.1. The quantitative estimate of drug-likeness (QED) is 0.276. The monoisotopic (exact) mass is 541 g/mol. The Hall–Kier alpha value is -2.46. The Morgan fingerprint density at radius 3 is 2.57 bits per heavy atom. The summed E-state index contributed by atoms with van der Waals surface area (Å²) in [5.41, 5.74) is 2.87. The first kappa shape index (κ1) is 23.8. The maximum Gasteiger partial charge on any atom is 0.291 e. The van der Waals surface area contributed by atoms with Crippen molar-refractivity contribution in [3.05, 3.63) is 77.0 Å². The summed E-state index contributed by atoms with van der Waals surface area (Å²) >= 11 is 6.06. The molecule has 1 aromatic carbocycles. The van der Waals surface area contributed by atoms with Gasteiger partial charge in [0.05, 0.1) is 17.8 Å². The molecule has 3 rings (SSSR count). The Labute approximate surface area is 198 Å². The first-order valence-corrected chi connectivity index (χ1v) is 9.50. The summed E-state index contributed by atoms with van der Waals surface area (Å²) in [6.45, 7) is 1.29. The Kier molecular flexibility index (Phi) is 8.79. The van der Waals surface area contributed by atoms with Gasteiger partial charge in [0.2, 0.25) is 0 Å². The number of hydrogen-bond donors (Lipinski definition) is 2. The highest BCUT2D eigenvalue weighted by Gasteiger charge is 2.11. The van der Waals surface area contributed by atoms with Crippen molar-refractivity contribution in [1.82, 2.24) is 14.8 Å². The molecule has 1 amide bonds. The summed E-state index contributed by atoms with van der Waals surface area (Å²) in [7, 11) is 5.70. The molecule has 0 saturated heterocycles.